The molecule has 2 nitrogen and oxygen atoms in total. The third-order valence-electron chi connectivity index (χ3n) is 2.29. The smallest absolute Gasteiger partial charge is 0.145 e. The summed E-state index contributed by atoms with van der Waals surface area (Å²) in [6.45, 7) is 0.399. The molecule has 0 amide bonds. The van der Waals surface area contributed by atoms with Crippen LogP contribution in [0.15, 0.2) is 41.1 Å². The second-order valence-corrected chi connectivity index (χ2v) is 4.24. The summed E-state index contributed by atoms with van der Waals surface area (Å²) in [5, 5.41) is 0. The van der Waals surface area contributed by atoms with Gasteiger partial charge in [0.1, 0.15) is 5.82 Å². The van der Waals surface area contributed by atoms with E-state index in [1.807, 2.05) is 6.07 Å². The summed E-state index contributed by atoms with van der Waals surface area (Å²) in [4.78, 5) is 4.04. The van der Waals surface area contributed by atoms with Gasteiger partial charge >= 0.3 is 0 Å². The van der Waals surface area contributed by atoms with Crippen LogP contribution >= 0.6 is 15.9 Å². The molecule has 1 aromatic carbocycles. The Hall–Kier alpha value is -1.26. The molecule has 0 spiro atoms. The first-order valence-electron chi connectivity index (χ1n) is 4.80. The molecule has 0 aliphatic rings. The Balaban J connectivity index is 2.54. The van der Waals surface area contributed by atoms with Crippen LogP contribution < -0.4 is 5.73 Å². The summed E-state index contributed by atoms with van der Waals surface area (Å²) in [5.41, 5.74) is 7.67. The molecule has 0 saturated carbocycles. The Labute approximate surface area is 101 Å². The van der Waals surface area contributed by atoms with Gasteiger partial charge in [-0.3, -0.25) is 4.98 Å². The molecule has 0 aliphatic heterocycles. The zero-order valence-electron chi connectivity index (χ0n) is 8.45. The number of hydrogen-bond donors (Lipinski definition) is 1. The fraction of sp³-hybridized carbons (Fsp3) is 0.0833. The van der Waals surface area contributed by atoms with Gasteiger partial charge in [0.05, 0.1) is 4.47 Å². The van der Waals surface area contributed by atoms with Crippen molar-refractivity contribution in [2.75, 3.05) is 0 Å². The third kappa shape index (κ3) is 2.13. The maximum Gasteiger partial charge on any atom is 0.145 e. The largest absolute Gasteiger partial charge is 0.326 e. The van der Waals surface area contributed by atoms with E-state index in [9.17, 15) is 4.39 Å². The number of halogens is 2. The first-order valence-corrected chi connectivity index (χ1v) is 5.60. The van der Waals surface area contributed by atoms with E-state index < -0.39 is 0 Å². The van der Waals surface area contributed by atoms with E-state index in [4.69, 9.17) is 5.73 Å². The van der Waals surface area contributed by atoms with Crippen molar-refractivity contribution in [3.63, 3.8) is 0 Å². The van der Waals surface area contributed by atoms with Gasteiger partial charge in [0, 0.05) is 30.1 Å². The van der Waals surface area contributed by atoms with Crippen molar-refractivity contribution in [3.05, 3.63) is 52.5 Å². The molecular formula is C12H10BrFN2. The standard InChI is InChI=1S/C12H10BrFN2/c13-11-3-1-2-10(12(11)14)9-4-8(5-15)6-16-7-9/h1-4,6-7H,5,15H2. The fourth-order valence-corrected chi connectivity index (χ4v) is 1.84. The summed E-state index contributed by atoms with van der Waals surface area (Å²) in [7, 11) is 0. The van der Waals surface area contributed by atoms with Gasteiger partial charge in [-0.15, -0.1) is 0 Å². The van der Waals surface area contributed by atoms with Crippen molar-refractivity contribution in [3.8, 4) is 11.1 Å². The minimum Gasteiger partial charge on any atom is -0.326 e. The lowest BCUT2D eigenvalue weighted by atomic mass is 10.1. The summed E-state index contributed by atoms with van der Waals surface area (Å²) in [5.74, 6) is -0.279. The van der Waals surface area contributed by atoms with E-state index in [0.717, 1.165) is 11.1 Å². The molecule has 2 N–H and O–H groups in total. The maximum absolute atomic E-state index is 13.8. The molecule has 0 aliphatic carbocycles. The van der Waals surface area contributed by atoms with Gasteiger partial charge in [-0.1, -0.05) is 12.1 Å². The first-order chi connectivity index (χ1) is 7.72. The van der Waals surface area contributed by atoms with Crippen LogP contribution in [0.4, 0.5) is 4.39 Å². The Bertz CT molecular complexity index is 514. The number of hydrogen-bond acceptors (Lipinski definition) is 2. The number of nitrogens with zero attached hydrogens (tertiary/aromatic N) is 1. The molecule has 0 fully saturated rings. The zero-order chi connectivity index (χ0) is 11.5. The van der Waals surface area contributed by atoms with E-state index in [-0.39, 0.29) is 5.82 Å². The summed E-state index contributed by atoms with van der Waals surface area (Å²) < 4.78 is 14.3. The van der Waals surface area contributed by atoms with Crippen molar-refractivity contribution in [2.45, 2.75) is 6.54 Å². The molecule has 82 valence electrons. The molecule has 0 radical (unpaired) electrons. The Kier molecular flexibility index (Phi) is 3.31. The molecule has 2 aromatic rings. The minimum absolute atomic E-state index is 0.279. The van der Waals surface area contributed by atoms with Crippen LogP contribution in [0.1, 0.15) is 5.56 Å². The molecule has 16 heavy (non-hydrogen) atoms. The molecular weight excluding hydrogens is 271 g/mol. The summed E-state index contributed by atoms with van der Waals surface area (Å²) in [6.07, 6.45) is 3.31. The number of rotatable bonds is 2. The topological polar surface area (TPSA) is 38.9 Å². The van der Waals surface area contributed by atoms with Gasteiger partial charge in [0.2, 0.25) is 0 Å². The number of benzene rings is 1. The molecule has 1 heterocycles. The maximum atomic E-state index is 13.8. The van der Waals surface area contributed by atoms with Gasteiger partial charge in [0.25, 0.3) is 0 Å². The van der Waals surface area contributed by atoms with Crippen molar-refractivity contribution < 1.29 is 4.39 Å². The SMILES string of the molecule is NCc1cncc(-c2cccc(Br)c2F)c1. The molecule has 2 rings (SSSR count). The van der Waals surface area contributed by atoms with Crippen molar-refractivity contribution >= 4 is 15.9 Å². The Morgan fingerprint density at radius 3 is 2.88 bits per heavy atom. The zero-order valence-corrected chi connectivity index (χ0v) is 10.0. The molecule has 1 aromatic heterocycles. The predicted octanol–water partition coefficient (Wildman–Crippen LogP) is 3.11. The molecule has 0 unspecified atom stereocenters. The van der Waals surface area contributed by atoms with E-state index in [1.54, 1.807) is 30.6 Å². The van der Waals surface area contributed by atoms with Gasteiger partial charge in [-0.05, 0) is 33.6 Å². The van der Waals surface area contributed by atoms with Crippen molar-refractivity contribution in [1.82, 2.24) is 4.98 Å². The first kappa shape index (κ1) is 11.2. The van der Waals surface area contributed by atoms with E-state index >= 15 is 0 Å². The molecule has 0 atom stereocenters. The lowest BCUT2D eigenvalue weighted by Gasteiger charge is -2.05. The van der Waals surface area contributed by atoms with Crippen LogP contribution in [0.2, 0.25) is 0 Å². The average molecular weight is 281 g/mol. The Morgan fingerprint density at radius 2 is 2.12 bits per heavy atom. The highest BCUT2D eigenvalue weighted by Crippen LogP contribution is 2.27. The second kappa shape index (κ2) is 4.72. The van der Waals surface area contributed by atoms with E-state index in [0.29, 0.717) is 16.6 Å². The van der Waals surface area contributed by atoms with Crippen LogP contribution in [0.5, 0.6) is 0 Å². The second-order valence-electron chi connectivity index (χ2n) is 3.39. The third-order valence-corrected chi connectivity index (χ3v) is 2.91. The van der Waals surface area contributed by atoms with Crippen LogP contribution in [-0.2, 0) is 6.54 Å². The van der Waals surface area contributed by atoms with Gasteiger partial charge in [0.15, 0.2) is 0 Å². The Morgan fingerprint density at radius 1 is 1.31 bits per heavy atom. The van der Waals surface area contributed by atoms with Gasteiger partial charge in [-0.2, -0.15) is 0 Å². The highest BCUT2D eigenvalue weighted by molar-refractivity contribution is 9.10. The van der Waals surface area contributed by atoms with Crippen LogP contribution in [0.3, 0.4) is 0 Å². The van der Waals surface area contributed by atoms with Crippen LogP contribution in [-0.4, -0.2) is 4.98 Å². The van der Waals surface area contributed by atoms with Gasteiger partial charge in [-0.25, -0.2) is 4.39 Å². The van der Waals surface area contributed by atoms with Crippen molar-refractivity contribution in [1.29, 1.82) is 0 Å². The summed E-state index contributed by atoms with van der Waals surface area (Å²) in [6, 6.07) is 7.02. The normalized spacial score (nSPS) is 10.4. The number of nitrogens with two attached hydrogens (primary N) is 1. The van der Waals surface area contributed by atoms with E-state index in [2.05, 4.69) is 20.9 Å². The number of aromatic nitrogens is 1. The van der Waals surface area contributed by atoms with Crippen molar-refractivity contribution in [2.24, 2.45) is 5.73 Å². The van der Waals surface area contributed by atoms with Crippen LogP contribution in [0, 0.1) is 5.82 Å². The summed E-state index contributed by atoms with van der Waals surface area (Å²) >= 11 is 3.16. The monoisotopic (exact) mass is 280 g/mol. The average Bonchev–Trinajstić information content (AvgIpc) is 2.33. The lowest BCUT2D eigenvalue weighted by Crippen LogP contribution is -1.97. The lowest BCUT2D eigenvalue weighted by molar-refractivity contribution is 0.624. The highest BCUT2D eigenvalue weighted by Gasteiger charge is 2.08. The predicted molar refractivity (Wildman–Crippen MR) is 65.2 cm³/mol. The van der Waals surface area contributed by atoms with E-state index in [1.165, 1.54) is 0 Å². The minimum atomic E-state index is -0.279. The quantitative estimate of drug-likeness (QED) is 0.918. The fourth-order valence-electron chi connectivity index (χ4n) is 1.47. The highest BCUT2D eigenvalue weighted by atomic mass is 79.9. The molecule has 0 saturated heterocycles. The number of pyridine rings is 1. The van der Waals surface area contributed by atoms with Crippen LogP contribution in [0.25, 0.3) is 11.1 Å². The van der Waals surface area contributed by atoms with Gasteiger partial charge < -0.3 is 5.73 Å². The molecule has 4 heteroatoms. The molecule has 0 bridgehead atoms.